The first kappa shape index (κ1) is 21.9. The number of benzene rings is 1. The second-order valence-corrected chi connectivity index (χ2v) is 6.11. The molecule has 1 fully saturated rings. The Hall–Kier alpha value is -1.11. The Morgan fingerprint density at radius 1 is 1.20 bits per heavy atom. The highest BCUT2D eigenvalue weighted by Crippen LogP contribution is 2.35. The Labute approximate surface area is 152 Å². The molecule has 0 aliphatic carbocycles. The van der Waals surface area contributed by atoms with Crippen LogP contribution in [0.4, 0.5) is 17.6 Å². The van der Waals surface area contributed by atoms with Gasteiger partial charge >= 0.3 is 6.18 Å². The fourth-order valence-corrected chi connectivity index (χ4v) is 3.13. The maximum absolute atomic E-state index is 14.3. The van der Waals surface area contributed by atoms with Crippen molar-refractivity contribution in [3.63, 3.8) is 0 Å². The highest BCUT2D eigenvalue weighted by Gasteiger charge is 2.33. The van der Waals surface area contributed by atoms with Crippen LogP contribution in [0.25, 0.3) is 0 Å². The van der Waals surface area contributed by atoms with E-state index >= 15 is 0 Å². The van der Waals surface area contributed by atoms with Gasteiger partial charge in [0.05, 0.1) is 5.56 Å². The van der Waals surface area contributed by atoms with Crippen molar-refractivity contribution in [1.29, 1.82) is 0 Å². The molecule has 1 heterocycles. The van der Waals surface area contributed by atoms with Crippen LogP contribution in [0.1, 0.15) is 42.9 Å². The first-order valence-electron chi connectivity index (χ1n) is 8.36. The number of unbranched alkanes of at least 4 members (excludes halogenated alkanes) is 2. The lowest BCUT2D eigenvalue weighted by Crippen LogP contribution is -2.45. The molecule has 1 aromatic carbocycles. The minimum absolute atomic E-state index is 0. The zero-order valence-electron chi connectivity index (χ0n) is 14.1. The van der Waals surface area contributed by atoms with E-state index in [4.69, 9.17) is 0 Å². The lowest BCUT2D eigenvalue weighted by atomic mass is 9.95. The van der Waals surface area contributed by atoms with Gasteiger partial charge < -0.3 is 5.32 Å². The first-order chi connectivity index (χ1) is 11.4. The van der Waals surface area contributed by atoms with Gasteiger partial charge in [0.25, 0.3) is 0 Å². The van der Waals surface area contributed by atoms with Crippen LogP contribution in [0.3, 0.4) is 0 Å². The number of nitrogens with zero attached hydrogens (tertiary/aromatic N) is 1. The second kappa shape index (κ2) is 10.1. The van der Waals surface area contributed by atoms with Crippen LogP contribution in [0.5, 0.6) is 0 Å². The van der Waals surface area contributed by atoms with Gasteiger partial charge in [-0.15, -0.1) is 19.0 Å². The molecule has 1 atom stereocenters. The van der Waals surface area contributed by atoms with Gasteiger partial charge in [-0.1, -0.05) is 12.5 Å². The van der Waals surface area contributed by atoms with Crippen LogP contribution in [-0.2, 0) is 6.18 Å². The van der Waals surface area contributed by atoms with E-state index in [1.54, 1.807) is 0 Å². The number of halogens is 5. The van der Waals surface area contributed by atoms with Gasteiger partial charge in [-0.25, -0.2) is 4.39 Å². The smallest absolute Gasteiger partial charge is 0.314 e. The molecule has 0 aromatic heterocycles. The van der Waals surface area contributed by atoms with E-state index in [-0.39, 0.29) is 24.0 Å². The molecule has 1 aliphatic rings. The summed E-state index contributed by atoms with van der Waals surface area (Å²) in [5.41, 5.74) is -0.629. The van der Waals surface area contributed by atoms with Crippen molar-refractivity contribution >= 4 is 12.4 Å². The monoisotopic (exact) mass is 380 g/mol. The van der Waals surface area contributed by atoms with E-state index in [2.05, 4.69) is 16.8 Å². The number of rotatable bonds is 7. The van der Waals surface area contributed by atoms with Gasteiger partial charge in [-0.2, -0.15) is 13.2 Å². The van der Waals surface area contributed by atoms with Gasteiger partial charge in [0.2, 0.25) is 0 Å². The predicted octanol–water partition coefficient (Wildman–Crippen LogP) is 4.96. The van der Waals surface area contributed by atoms with E-state index in [0.717, 1.165) is 50.6 Å². The van der Waals surface area contributed by atoms with E-state index in [1.165, 1.54) is 0 Å². The van der Waals surface area contributed by atoms with Crippen LogP contribution in [0.2, 0.25) is 0 Å². The van der Waals surface area contributed by atoms with E-state index in [1.807, 2.05) is 6.08 Å². The fraction of sp³-hybridized carbons (Fsp3) is 0.556. The topological polar surface area (TPSA) is 15.3 Å². The third-order valence-corrected chi connectivity index (χ3v) is 4.41. The average molecular weight is 381 g/mol. The van der Waals surface area contributed by atoms with Crippen molar-refractivity contribution in [2.45, 2.75) is 37.9 Å². The van der Waals surface area contributed by atoms with E-state index in [0.29, 0.717) is 19.5 Å². The van der Waals surface area contributed by atoms with Gasteiger partial charge in [0, 0.05) is 37.8 Å². The second-order valence-electron chi connectivity index (χ2n) is 6.11. The standard InChI is InChI=1S/C18H24F4N2.ClH/c1-2-3-4-5-6-17(24-11-9-23-10-12-24)15-13-14(18(20,21)22)7-8-16(15)19;/h2,7-8,13,17,23H,1,3-6,9-12H2;1H/t17-;/m1./s1. The molecule has 1 N–H and O–H groups in total. The minimum atomic E-state index is -4.46. The number of alkyl halides is 3. The maximum Gasteiger partial charge on any atom is 0.416 e. The van der Waals surface area contributed by atoms with Gasteiger partial charge in [0.15, 0.2) is 0 Å². The summed E-state index contributed by atoms with van der Waals surface area (Å²) in [6.45, 7) is 6.63. The number of hydrogen-bond acceptors (Lipinski definition) is 2. The van der Waals surface area contributed by atoms with E-state index < -0.39 is 17.6 Å². The summed E-state index contributed by atoms with van der Waals surface area (Å²) in [7, 11) is 0. The molecule has 0 unspecified atom stereocenters. The lowest BCUT2D eigenvalue weighted by Gasteiger charge is -2.35. The molecule has 142 valence electrons. The van der Waals surface area contributed by atoms with Gasteiger partial charge in [0.1, 0.15) is 5.82 Å². The molecule has 0 saturated carbocycles. The molecule has 1 saturated heterocycles. The Bertz CT molecular complexity index is 542. The van der Waals surface area contributed by atoms with Gasteiger partial charge in [-0.05, 0) is 37.5 Å². The molecule has 0 bridgehead atoms. The van der Waals surface area contributed by atoms with Crippen molar-refractivity contribution in [2.24, 2.45) is 0 Å². The highest BCUT2D eigenvalue weighted by atomic mass is 35.5. The number of nitrogens with one attached hydrogen (secondary N) is 1. The molecule has 1 aromatic rings. The Balaban J connectivity index is 0.00000312. The Kier molecular flexibility index (Phi) is 8.89. The molecule has 25 heavy (non-hydrogen) atoms. The molecule has 0 radical (unpaired) electrons. The summed E-state index contributed by atoms with van der Waals surface area (Å²) in [6, 6.07) is 2.41. The van der Waals surface area contributed by atoms with Crippen molar-refractivity contribution in [3.8, 4) is 0 Å². The lowest BCUT2D eigenvalue weighted by molar-refractivity contribution is -0.137. The first-order valence-corrected chi connectivity index (χ1v) is 8.36. The summed E-state index contributed by atoms with van der Waals surface area (Å²) in [4.78, 5) is 2.09. The molecular weight excluding hydrogens is 356 g/mol. The summed E-state index contributed by atoms with van der Waals surface area (Å²) in [6.07, 6.45) is 0.609. The maximum atomic E-state index is 14.3. The Morgan fingerprint density at radius 2 is 1.88 bits per heavy atom. The molecule has 1 aliphatic heterocycles. The zero-order chi connectivity index (χ0) is 17.6. The summed E-state index contributed by atoms with van der Waals surface area (Å²) in [5, 5.41) is 3.22. The summed E-state index contributed by atoms with van der Waals surface area (Å²) >= 11 is 0. The van der Waals surface area contributed by atoms with Crippen LogP contribution >= 0.6 is 12.4 Å². The third-order valence-electron chi connectivity index (χ3n) is 4.41. The van der Waals surface area contributed by atoms with Crippen molar-refractivity contribution in [2.75, 3.05) is 26.2 Å². The van der Waals surface area contributed by atoms with Crippen molar-refractivity contribution < 1.29 is 17.6 Å². The average Bonchev–Trinajstić information content (AvgIpc) is 2.56. The predicted molar refractivity (Wildman–Crippen MR) is 94.5 cm³/mol. The minimum Gasteiger partial charge on any atom is -0.314 e. The molecule has 7 heteroatoms. The molecule has 2 nitrogen and oxygen atoms in total. The molecule has 0 amide bonds. The zero-order valence-corrected chi connectivity index (χ0v) is 14.9. The normalized spacial score (nSPS) is 17.0. The van der Waals surface area contributed by atoms with Crippen LogP contribution in [0.15, 0.2) is 30.9 Å². The van der Waals surface area contributed by atoms with Crippen LogP contribution in [0, 0.1) is 5.82 Å². The third kappa shape index (κ3) is 6.28. The van der Waals surface area contributed by atoms with Crippen LogP contribution < -0.4 is 5.32 Å². The quantitative estimate of drug-likeness (QED) is 0.408. The molecular formula is C18H25ClF4N2. The molecule has 0 spiro atoms. The van der Waals surface area contributed by atoms with E-state index in [9.17, 15) is 17.6 Å². The summed E-state index contributed by atoms with van der Waals surface area (Å²) < 4.78 is 53.3. The molecule has 2 rings (SSSR count). The van der Waals surface area contributed by atoms with Crippen LogP contribution in [-0.4, -0.2) is 31.1 Å². The van der Waals surface area contributed by atoms with Gasteiger partial charge in [-0.3, -0.25) is 4.90 Å². The highest BCUT2D eigenvalue weighted by molar-refractivity contribution is 5.85. The van der Waals surface area contributed by atoms with Crippen molar-refractivity contribution in [1.82, 2.24) is 10.2 Å². The Morgan fingerprint density at radius 3 is 2.48 bits per heavy atom. The number of piperazine rings is 1. The van der Waals surface area contributed by atoms with Crippen molar-refractivity contribution in [3.05, 3.63) is 47.8 Å². The SMILES string of the molecule is C=CCCCC[C@H](c1cc(C(F)(F)F)ccc1F)N1CCNCC1.Cl. The summed E-state index contributed by atoms with van der Waals surface area (Å²) in [5.74, 6) is -0.560. The fourth-order valence-electron chi connectivity index (χ4n) is 3.13. The number of allylic oxidation sites excluding steroid dienone is 1. The largest absolute Gasteiger partial charge is 0.416 e. The number of hydrogen-bond donors (Lipinski definition) is 1.